The van der Waals surface area contributed by atoms with E-state index in [0.717, 1.165) is 19.1 Å². The fourth-order valence-corrected chi connectivity index (χ4v) is 2.77. The summed E-state index contributed by atoms with van der Waals surface area (Å²) in [6.07, 6.45) is 3.14. The molecule has 2 aliphatic rings. The number of hydrogen-bond acceptors (Lipinski definition) is 6. The van der Waals surface area contributed by atoms with Crippen LogP contribution >= 0.6 is 11.6 Å². The summed E-state index contributed by atoms with van der Waals surface area (Å²) < 4.78 is 23.6. The minimum atomic E-state index is -3.42. The molecule has 1 saturated carbocycles. The fourth-order valence-electron chi connectivity index (χ4n) is 1.63. The van der Waals surface area contributed by atoms with Crippen molar-refractivity contribution in [2.75, 3.05) is 12.9 Å². The molecule has 0 saturated heterocycles. The van der Waals surface area contributed by atoms with Crippen molar-refractivity contribution in [3.05, 3.63) is 0 Å². The van der Waals surface area contributed by atoms with Gasteiger partial charge in [-0.3, -0.25) is 10.4 Å². The highest BCUT2D eigenvalue weighted by Crippen LogP contribution is 2.24. The van der Waals surface area contributed by atoms with E-state index in [2.05, 4.69) is 25.8 Å². The molecule has 1 aliphatic heterocycles. The van der Waals surface area contributed by atoms with Gasteiger partial charge in [-0.05, 0) is 31.4 Å². The van der Waals surface area contributed by atoms with E-state index in [1.54, 1.807) is 6.92 Å². The average molecular weight is 336 g/mol. The third-order valence-corrected chi connectivity index (χ3v) is 4.16. The molecule has 1 heterocycles. The molecule has 0 radical (unpaired) electrons. The summed E-state index contributed by atoms with van der Waals surface area (Å²) in [7, 11) is -3.42. The lowest BCUT2D eigenvalue weighted by Crippen LogP contribution is -2.38. The summed E-state index contributed by atoms with van der Waals surface area (Å²) in [6, 6.07) is 0.240. The van der Waals surface area contributed by atoms with Crippen LogP contribution in [0.5, 0.6) is 0 Å². The Morgan fingerprint density at radius 1 is 1.33 bits per heavy atom. The van der Waals surface area contributed by atoms with E-state index in [0.29, 0.717) is 5.84 Å². The molecule has 1 atom stereocenters. The zero-order chi connectivity index (χ0) is 16.0. The van der Waals surface area contributed by atoms with Crippen molar-refractivity contribution in [2.45, 2.75) is 39.7 Å². The second kappa shape index (κ2) is 7.74. The van der Waals surface area contributed by atoms with Crippen LogP contribution in [-0.2, 0) is 9.84 Å². The maximum atomic E-state index is 11.8. The number of rotatable bonds is 1. The first-order valence-corrected chi connectivity index (χ1v) is 9.20. The normalized spacial score (nSPS) is 30.0. The van der Waals surface area contributed by atoms with Gasteiger partial charge in [0.25, 0.3) is 0 Å². The van der Waals surface area contributed by atoms with Crippen molar-refractivity contribution in [3.8, 4) is 0 Å². The highest BCUT2D eigenvalue weighted by Gasteiger charge is 2.30. The van der Waals surface area contributed by atoms with Crippen molar-refractivity contribution in [1.29, 1.82) is 0 Å². The summed E-state index contributed by atoms with van der Waals surface area (Å²) in [4.78, 5) is 8.40. The van der Waals surface area contributed by atoms with Crippen LogP contribution in [0.4, 0.5) is 0 Å². The quantitative estimate of drug-likeness (QED) is 0.706. The van der Waals surface area contributed by atoms with Gasteiger partial charge < -0.3 is 5.32 Å². The SMILES string of the molecule is CC.CC1C(=NC2CC2)N/C(Cl)=N\CN/N=C\1S(C)(=O)=O. The fraction of sp³-hybridized carbons (Fsp3) is 0.750. The smallest absolute Gasteiger partial charge is 0.198 e. The van der Waals surface area contributed by atoms with E-state index < -0.39 is 15.8 Å². The molecule has 1 unspecified atom stereocenters. The van der Waals surface area contributed by atoms with E-state index in [1.807, 2.05) is 13.8 Å². The van der Waals surface area contributed by atoms with Crippen LogP contribution in [-0.4, -0.2) is 43.6 Å². The Morgan fingerprint density at radius 2 is 1.95 bits per heavy atom. The van der Waals surface area contributed by atoms with Crippen LogP contribution in [0.3, 0.4) is 0 Å². The van der Waals surface area contributed by atoms with Crippen LogP contribution in [0.2, 0.25) is 0 Å². The van der Waals surface area contributed by atoms with Crippen molar-refractivity contribution in [3.63, 3.8) is 0 Å². The van der Waals surface area contributed by atoms with Gasteiger partial charge in [0, 0.05) is 6.26 Å². The minimum Gasteiger partial charge on any atom is -0.319 e. The van der Waals surface area contributed by atoms with Crippen LogP contribution in [0.15, 0.2) is 15.1 Å². The van der Waals surface area contributed by atoms with Crippen LogP contribution < -0.4 is 10.7 Å². The number of hydrogen-bond donors (Lipinski definition) is 2. The Morgan fingerprint density at radius 3 is 2.48 bits per heavy atom. The number of nitrogens with one attached hydrogen (secondary N) is 2. The average Bonchev–Trinajstić information content (AvgIpc) is 3.20. The lowest BCUT2D eigenvalue weighted by Gasteiger charge is -2.16. The monoisotopic (exact) mass is 335 g/mol. The van der Waals surface area contributed by atoms with Crippen molar-refractivity contribution in [2.24, 2.45) is 21.0 Å². The molecule has 0 spiro atoms. The molecule has 0 aromatic rings. The molecule has 1 aliphatic carbocycles. The predicted octanol–water partition coefficient (Wildman–Crippen LogP) is 1.31. The van der Waals surface area contributed by atoms with Gasteiger partial charge in [-0.2, -0.15) is 5.10 Å². The summed E-state index contributed by atoms with van der Waals surface area (Å²) in [5.74, 6) is -0.00530. The molecule has 120 valence electrons. The zero-order valence-corrected chi connectivity index (χ0v) is 14.3. The number of halogens is 1. The summed E-state index contributed by atoms with van der Waals surface area (Å²) in [5, 5.41) is 6.96. The molecule has 21 heavy (non-hydrogen) atoms. The van der Waals surface area contributed by atoms with Gasteiger partial charge in [0.1, 0.15) is 12.5 Å². The Balaban J connectivity index is 0.00000106. The first-order valence-electron chi connectivity index (χ1n) is 6.93. The van der Waals surface area contributed by atoms with Gasteiger partial charge in [-0.25, -0.2) is 13.4 Å². The standard InChI is InChI=1S/C10H16ClN5O2S.C2H6/c1-6-8(14-7-3-4-7)15-10(11)12-5-13-16-9(6)19(2,17)18;1-2/h6-7,13H,3-5H2,1-2H3,(H,12,14,15);1-2H3/b16-9+;. The zero-order valence-electron chi connectivity index (χ0n) is 12.7. The van der Waals surface area contributed by atoms with Gasteiger partial charge in [0.2, 0.25) is 0 Å². The number of amidine groups is 2. The maximum absolute atomic E-state index is 11.8. The molecule has 2 rings (SSSR count). The first kappa shape index (κ1) is 17.9. The molecule has 1 fully saturated rings. The van der Waals surface area contributed by atoms with E-state index in [1.165, 1.54) is 0 Å². The maximum Gasteiger partial charge on any atom is 0.198 e. The van der Waals surface area contributed by atoms with Gasteiger partial charge in [0.15, 0.2) is 20.2 Å². The van der Waals surface area contributed by atoms with Crippen molar-refractivity contribution < 1.29 is 8.42 Å². The minimum absolute atomic E-state index is 0.0287. The second-order valence-electron chi connectivity index (χ2n) is 4.58. The topological polar surface area (TPSA) is 95.3 Å². The molecule has 0 bridgehead atoms. The number of sulfone groups is 1. The third-order valence-electron chi connectivity index (χ3n) is 2.74. The summed E-state index contributed by atoms with van der Waals surface area (Å²) in [5.41, 5.74) is 2.58. The summed E-state index contributed by atoms with van der Waals surface area (Å²) >= 11 is 5.91. The Bertz CT molecular complexity index is 552. The molecular formula is C12H22ClN5O2S. The van der Waals surface area contributed by atoms with Crippen LogP contribution in [0.1, 0.15) is 33.6 Å². The number of aliphatic imine (C=N–C) groups is 2. The van der Waals surface area contributed by atoms with Crippen molar-refractivity contribution >= 4 is 37.6 Å². The number of hydrazone groups is 1. The van der Waals surface area contributed by atoms with Gasteiger partial charge in [0.05, 0.1) is 12.0 Å². The first-order chi connectivity index (χ1) is 9.88. The highest BCUT2D eigenvalue weighted by molar-refractivity contribution is 8.05. The number of nitrogens with zero attached hydrogens (tertiary/aromatic N) is 3. The molecule has 0 amide bonds. The molecule has 2 N–H and O–H groups in total. The molecule has 7 nitrogen and oxygen atoms in total. The Kier molecular flexibility index (Phi) is 6.60. The summed E-state index contributed by atoms with van der Waals surface area (Å²) in [6.45, 7) is 5.83. The molecule has 9 heteroatoms. The van der Waals surface area contributed by atoms with E-state index in [9.17, 15) is 8.42 Å². The van der Waals surface area contributed by atoms with Gasteiger partial charge in [-0.15, -0.1) is 0 Å². The highest BCUT2D eigenvalue weighted by atomic mass is 35.5. The Hall–Kier alpha value is -1.15. The van der Waals surface area contributed by atoms with Crippen molar-refractivity contribution in [1.82, 2.24) is 10.7 Å². The van der Waals surface area contributed by atoms with E-state index >= 15 is 0 Å². The van der Waals surface area contributed by atoms with E-state index in [-0.39, 0.29) is 23.0 Å². The van der Waals surface area contributed by atoms with Crippen LogP contribution in [0.25, 0.3) is 0 Å². The van der Waals surface area contributed by atoms with Crippen LogP contribution in [0, 0.1) is 5.92 Å². The largest absolute Gasteiger partial charge is 0.319 e. The van der Waals surface area contributed by atoms with Gasteiger partial charge >= 0.3 is 0 Å². The lowest BCUT2D eigenvalue weighted by molar-refractivity contribution is 0.610. The second-order valence-corrected chi connectivity index (χ2v) is 6.90. The molecule has 0 aromatic heterocycles. The van der Waals surface area contributed by atoms with Gasteiger partial charge in [-0.1, -0.05) is 13.8 Å². The molecular weight excluding hydrogens is 314 g/mol. The molecule has 0 aromatic carbocycles. The van der Waals surface area contributed by atoms with E-state index in [4.69, 9.17) is 11.6 Å². The third kappa shape index (κ3) is 5.62. The Labute approximate surface area is 130 Å². The lowest BCUT2D eigenvalue weighted by atomic mass is 10.2. The predicted molar refractivity (Wildman–Crippen MR) is 87.7 cm³/mol.